The molecule has 1 N–H and O–H groups in total. The molecule has 51 heavy (non-hydrogen) atoms. The summed E-state index contributed by atoms with van der Waals surface area (Å²) >= 11 is 0. The lowest BCUT2D eigenvalue weighted by molar-refractivity contribution is 0.0122. The summed E-state index contributed by atoms with van der Waals surface area (Å²) in [4.78, 5) is 33.0. The molecule has 0 radical (unpaired) electrons. The highest BCUT2D eigenvalue weighted by molar-refractivity contribution is 6.03. The van der Waals surface area contributed by atoms with Crippen molar-refractivity contribution in [2.24, 2.45) is 0 Å². The molecule has 0 spiro atoms. The second kappa shape index (κ2) is 12.1. The number of piperazine rings is 1. The Hall–Kier alpha value is -4.83. The largest absolute Gasteiger partial charge is 0.508 e. The number of rotatable bonds is 5. The van der Waals surface area contributed by atoms with Crippen LogP contribution in [0.1, 0.15) is 58.4 Å². The fourth-order valence-corrected chi connectivity index (χ4v) is 8.60. The van der Waals surface area contributed by atoms with Gasteiger partial charge in [-0.3, -0.25) is 14.8 Å². The van der Waals surface area contributed by atoms with E-state index in [-0.39, 0.29) is 64.3 Å². The number of carbonyl (C=O) groups excluding carboxylic acids is 1. The Bertz CT molecular complexity index is 2100. The zero-order valence-electron chi connectivity index (χ0n) is 28.8. The van der Waals surface area contributed by atoms with Gasteiger partial charge in [-0.25, -0.2) is 18.0 Å². The molecule has 8 rings (SSSR count). The van der Waals surface area contributed by atoms with E-state index < -0.39 is 28.9 Å². The highest BCUT2D eigenvalue weighted by Gasteiger charge is 2.50. The van der Waals surface area contributed by atoms with Crippen molar-refractivity contribution in [1.82, 2.24) is 24.8 Å². The Morgan fingerprint density at radius 3 is 2.63 bits per heavy atom. The monoisotopic (exact) mass is 700 g/mol. The van der Waals surface area contributed by atoms with Crippen LogP contribution in [0.25, 0.3) is 32.9 Å². The number of alkyl halides is 1. The SMILES string of the molecule is C#Cc1c(F)ccc2cc(O)cc(-c3ncc4c(N5C[C@H]6CC[C@@H](C5)N6C(=O)OC(C)(C)C)nc(OC[C@@]56CCCN5C[C@H](F)C6)nc4c3F)c12. The van der Waals surface area contributed by atoms with Gasteiger partial charge in [0.25, 0.3) is 0 Å². The number of aromatic nitrogens is 3. The van der Waals surface area contributed by atoms with Gasteiger partial charge in [0.1, 0.15) is 47.0 Å². The molecule has 4 aliphatic rings. The van der Waals surface area contributed by atoms with E-state index in [4.69, 9.17) is 20.9 Å². The Balaban J connectivity index is 1.23. The number of benzene rings is 2. The van der Waals surface area contributed by atoms with E-state index in [1.54, 1.807) is 4.90 Å². The molecule has 10 nitrogen and oxygen atoms in total. The molecular weight excluding hydrogens is 661 g/mol. The Labute approximate surface area is 293 Å². The molecule has 0 unspecified atom stereocenters. The lowest BCUT2D eigenvalue weighted by atomic mass is 9.95. The number of phenolic OH excluding ortho intramolecular Hbond substituents is 1. The zero-order valence-corrected chi connectivity index (χ0v) is 28.8. The van der Waals surface area contributed by atoms with Crippen LogP contribution >= 0.6 is 0 Å². The molecule has 13 heteroatoms. The molecule has 0 aliphatic carbocycles. The van der Waals surface area contributed by atoms with Crippen molar-refractivity contribution in [3.05, 3.63) is 47.7 Å². The van der Waals surface area contributed by atoms with Gasteiger partial charge in [-0.05, 0) is 76.6 Å². The first-order chi connectivity index (χ1) is 24.3. The van der Waals surface area contributed by atoms with E-state index in [0.717, 1.165) is 32.2 Å². The first kappa shape index (κ1) is 33.3. The van der Waals surface area contributed by atoms with Crippen molar-refractivity contribution in [1.29, 1.82) is 0 Å². The average Bonchev–Trinajstić information content (AvgIpc) is 3.69. The third-order valence-corrected chi connectivity index (χ3v) is 10.7. The van der Waals surface area contributed by atoms with Crippen LogP contribution in [0.2, 0.25) is 0 Å². The molecule has 4 saturated heterocycles. The van der Waals surface area contributed by atoms with E-state index in [2.05, 4.69) is 20.8 Å². The predicted molar refractivity (Wildman–Crippen MR) is 185 cm³/mol. The van der Waals surface area contributed by atoms with Crippen molar-refractivity contribution in [3.63, 3.8) is 0 Å². The number of terminal acetylenes is 1. The summed E-state index contributed by atoms with van der Waals surface area (Å²) in [5, 5.41) is 11.5. The van der Waals surface area contributed by atoms with Gasteiger partial charge < -0.3 is 19.5 Å². The molecule has 2 bridgehead atoms. The number of halogens is 3. The van der Waals surface area contributed by atoms with Crippen molar-refractivity contribution in [3.8, 4) is 35.4 Å². The number of fused-ring (bicyclic) bond motifs is 5. The maximum atomic E-state index is 17.0. The average molecular weight is 701 g/mol. The molecule has 0 saturated carbocycles. The lowest BCUT2D eigenvalue weighted by Crippen LogP contribution is -2.57. The van der Waals surface area contributed by atoms with E-state index in [1.807, 2.05) is 25.7 Å². The van der Waals surface area contributed by atoms with Crippen LogP contribution in [-0.4, -0.2) is 98.1 Å². The van der Waals surface area contributed by atoms with E-state index in [0.29, 0.717) is 42.6 Å². The quantitative estimate of drug-likeness (QED) is 0.239. The van der Waals surface area contributed by atoms with Crippen molar-refractivity contribution in [2.75, 3.05) is 37.7 Å². The van der Waals surface area contributed by atoms with Crippen LogP contribution in [0.15, 0.2) is 30.5 Å². The second-order valence-electron chi connectivity index (χ2n) is 15.2. The molecule has 2 aromatic heterocycles. The number of nitrogens with zero attached hydrogens (tertiary/aromatic N) is 6. The van der Waals surface area contributed by atoms with Gasteiger partial charge in [-0.1, -0.05) is 12.0 Å². The van der Waals surface area contributed by atoms with Gasteiger partial charge in [0.15, 0.2) is 5.82 Å². The number of phenols is 1. The normalized spacial score (nSPS) is 24.7. The van der Waals surface area contributed by atoms with E-state index >= 15 is 4.39 Å². The van der Waals surface area contributed by atoms with Gasteiger partial charge in [0.05, 0.1) is 28.6 Å². The highest BCUT2D eigenvalue weighted by atomic mass is 19.1. The minimum atomic E-state index is -0.959. The standard InChI is InChI=1S/C38H39F3N6O4/c1-5-26-29(40)10-7-21-13-25(48)14-27(30(21)26)32-31(41)33-28(16-42-32)34(44-35(43-33)50-20-38-11-6-12-46(38)17-22(39)15-38)45-18-23-8-9-24(19-45)47(23)36(49)51-37(2,3)4/h1,7,10,13-14,16,22-24,48H,6,8-9,11-12,15,17-20H2,2-4H3/t22-,23-,24+,38+/m1/s1. The minimum absolute atomic E-state index is 0.0740. The molecule has 1 amide bonds. The molecule has 4 atom stereocenters. The summed E-state index contributed by atoms with van der Waals surface area (Å²) in [7, 11) is 0. The molecule has 2 aromatic carbocycles. The summed E-state index contributed by atoms with van der Waals surface area (Å²) in [5.41, 5.74) is -1.40. The Morgan fingerprint density at radius 2 is 1.90 bits per heavy atom. The fourth-order valence-electron chi connectivity index (χ4n) is 8.60. The number of hydrogen-bond donors (Lipinski definition) is 1. The number of carbonyl (C=O) groups is 1. The number of anilines is 1. The van der Waals surface area contributed by atoms with Gasteiger partial charge >= 0.3 is 12.1 Å². The van der Waals surface area contributed by atoms with Crippen LogP contribution in [0, 0.1) is 24.0 Å². The number of amides is 1. The smallest absolute Gasteiger partial charge is 0.410 e. The third-order valence-electron chi connectivity index (χ3n) is 10.7. The molecule has 6 heterocycles. The maximum Gasteiger partial charge on any atom is 0.410 e. The molecular formula is C38H39F3N6O4. The van der Waals surface area contributed by atoms with Gasteiger partial charge in [-0.15, -0.1) is 6.42 Å². The summed E-state index contributed by atoms with van der Waals surface area (Å²) in [6, 6.07) is 4.99. The minimum Gasteiger partial charge on any atom is -0.508 e. The first-order valence-corrected chi connectivity index (χ1v) is 17.4. The number of hydrogen-bond acceptors (Lipinski definition) is 9. The summed E-state index contributed by atoms with van der Waals surface area (Å²) in [5.74, 6) is 1.07. The van der Waals surface area contributed by atoms with Crippen LogP contribution in [0.4, 0.5) is 23.8 Å². The Morgan fingerprint density at radius 1 is 1.14 bits per heavy atom. The van der Waals surface area contributed by atoms with E-state index in [9.17, 15) is 18.7 Å². The number of aromatic hydroxyl groups is 1. The van der Waals surface area contributed by atoms with Crippen LogP contribution in [0.3, 0.4) is 0 Å². The van der Waals surface area contributed by atoms with Crippen molar-refractivity contribution < 1.29 is 32.5 Å². The van der Waals surface area contributed by atoms with Gasteiger partial charge in [0, 0.05) is 43.2 Å². The second-order valence-corrected chi connectivity index (χ2v) is 15.2. The third kappa shape index (κ3) is 5.73. The Kier molecular flexibility index (Phi) is 7.94. The lowest BCUT2D eigenvalue weighted by Gasteiger charge is -2.42. The molecule has 4 aromatic rings. The topological polar surface area (TPSA) is 104 Å². The summed E-state index contributed by atoms with van der Waals surface area (Å²) in [6.07, 6.45) is 9.40. The summed E-state index contributed by atoms with van der Waals surface area (Å²) in [6.45, 7) is 7.58. The number of pyridine rings is 1. The van der Waals surface area contributed by atoms with Crippen molar-refractivity contribution >= 4 is 33.6 Å². The first-order valence-electron chi connectivity index (χ1n) is 17.4. The van der Waals surface area contributed by atoms with E-state index in [1.165, 1.54) is 30.5 Å². The maximum absolute atomic E-state index is 17.0. The predicted octanol–water partition coefficient (Wildman–Crippen LogP) is 6.35. The molecule has 4 aliphatic heterocycles. The summed E-state index contributed by atoms with van der Waals surface area (Å²) < 4.78 is 58.5. The van der Waals surface area contributed by atoms with Crippen LogP contribution < -0.4 is 9.64 Å². The van der Waals surface area contributed by atoms with Gasteiger partial charge in [-0.2, -0.15) is 9.97 Å². The molecule has 266 valence electrons. The fraction of sp³-hybridized carbons (Fsp3) is 0.474. The zero-order chi connectivity index (χ0) is 35.8. The van der Waals surface area contributed by atoms with Crippen molar-refractivity contribution in [2.45, 2.75) is 82.3 Å². The molecule has 4 fully saturated rings. The van der Waals surface area contributed by atoms with Crippen LogP contribution in [-0.2, 0) is 4.74 Å². The number of ether oxygens (including phenoxy) is 2. The van der Waals surface area contributed by atoms with Crippen LogP contribution in [0.5, 0.6) is 11.8 Å². The highest BCUT2D eigenvalue weighted by Crippen LogP contribution is 2.43. The van der Waals surface area contributed by atoms with Gasteiger partial charge in [0.2, 0.25) is 0 Å².